The molecular weight excluding hydrogens is 447 g/mol. The third-order valence-corrected chi connectivity index (χ3v) is 7.26. The highest BCUT2D eigenvalue weighted by Crippen LogP contribution is 2.48. The van der Waals surface area contributed by atoms with Crippen LogP contribution in [0.2, 0.25) is 0 Å². The number of carboxylic acid groups (broad SMARTS) is 1. The molecule has 0 unspecified atom stereocenters. The molecule has 1 fully saturated rings. The third-order valence-electron chi connectivity index (χ3n) is 7.26. The summed E-state index contributed by atoms with van der Waals surface area (Å²) in [6.45, 7) is 10.3. The Morgan fingerprint density at radius 3 is 2.44 bits per heavy atom. The van der Waals surface area contributed by atoms with Crippen molar-refractivity contribution >= 4 is 17.6 Å². The summed E-state index contributed by atoms with van der Waals surface area (Å²) in [7, 11) is 0. The minimum atomic E-state index is -4.44. The van der Waals surface area contributed by atoms with E-state index >= 15 is 0 Å². The van der Waals surface area contributed by atoms with Gasteiger partial charge in [0.25, 0.3) is 0 Å². The van der Waals surface area contributed by atoms with E-state index in [1.165, 1.54) is 4.90 Å². The lowest BCUT2D eigenvalue weighted by Gasteiger charge is -2.41. The van der Waals surface area contributed by atoms with Crippen LogP contribution in [0.5, 0.6) is 0 Å². The van der Waals surface area contributed by atoms with Crippen LogP contribution in [-0.2, 0) is 11.0 Å². The highest BCUT2D eigenvalue weighted by molar-refractivity contribution is 5.85. The van der Waals surface area contributed by atoms with E-state index in [0.29, 0.717) is 44.3 Å². The Labute approximate surface area is 198 Å². The lowest BCUT2D eigenvalue weighted by molar-refractivity contribution is -0.144. The van der Waals surface area contributed by atoms with E-state index in [2.05, 4.69) is 4.98 Å². The quantitative estimate of drug-likeness (QED) is 0.600. The predicted octanol–water partition coefficient (Wildman–Crippen LogP) is 5.69. The number of aromatic nitrogens is 1. The second-order valence-electron chi connectivity index (χ2n) is 10.7. The number of hydrogen-bond acceptors (Lipinski definition) is 3. The highest BCUT2D eigenvalue weighted by atomic mass is 19.4. The van der Waals surface area contributed by atoms with Gasteiger partial charge in [0.1, 0.15) is 0 Å². The number of hydrogen-bond donors (Lipinski definition) is 1. The molecule has 1 saturated carbocycles. The average Bonchev–Trinajstić information content (AvgIpc) is 3.17. The fraction of sp³-hybridized carbons (Fsp3) is 0.640. The van der Waals surface area contributed by atoms with Crippen LogP contribution in [0.25, 0.3) is 5.57 Å². The molecule has 2 atom stereocenters. The number of pyridine rings is 1. The van der Waals surface area contributed by atoms with Crippen molar-refractivity contribution in [1.29, 1.82) is 0 Å². The molecule has 1 aliphatic heterocycles. The van der Waals surface area contributed by atoms with Crippen LogP contribution in [0.4, 0.5) is 18.0 Å². The molecule has 1 N–H and O–H groups in total. The average molecular weight is 482 g/mol. The number of amides is 2. The van der Waals surface area contributed by atoms with Crippen LogP contribution < -0.4 is 0 Å². The summed E-state index contributed by atoms with van der Waals surface area (Å²) in [5, 5.41) is 9.82. The normalized spacial score (nSPS) is 23.7. The van der Waals surface area contributed by atoms with Gasteiger partial charge in [-0.15, -0.1) is 0 Å². The Morgan fingerprint density at radius 1 is 1.26 bits per heavy atom. The molecule has 34 heavy (non-hydrogen) atoms. The van der Waals surface area contributed by atoms with Gasteiger partial charge in [-0.2, -0.15) is 13.2 Å². The maximum Gasteiger partial charge on any atom is 0.416 e. The molecule has 2 heterocycles. The molecule has 0 bridgehead atoms. The van der Waals surface area contributed by atoms with Crippen molar-refractivity contribution in [3.8, 4) is 0 Å². The topological polar surface area (TPSA) is 73.7 Å². The Bertz CT molecular complexity index is 968. The van der Waals surface area contributed by atoms with Crippen LogP contribution in [0.3, 0.4) is 0 Å². The summed E-state index contributed by atoms with van der Waals surface area (Å²) in [4.78, 5) is 33.1. The molecule has 0 spiro atoms. The van der Waals surface area contributed by atoms with Gasteiger partial charge in [0, 0.05) is 30.9 Å². The number of rotatable bonds is 4. The number of halogens is 3. The van der Waals surface area contributed by atoms with Crippen LogP contribution in [-0.4, -0.2) is 56.6 Å². The van der Waals surface area contributed by atoms with Crippen molar-refractivity contribution in [2.45, 2.75) is 78.1 Å². The third kappa shape index (κ3) is 5.08. The first kappa shape index (κ1) is 26.0. The first-order chi connectivity index (χ1) is 15.7. The molecule has 0 aromatic carbocycles. The zero-order valence-corrected chi connectivity index (χ0v) is 20.4. The lowest BCUT2D eigenvalue weighted by atomic mass is 9.73. The minimum Gasteiger partial charge on any atom is -0.465 e. The van der Waals surface area contributed by atoms with E-state index < -0.39 is 28.8 Å². The van der Waals surface area contributed by atoms with Gasteiger partial charge < -0.3 is 14.9 Å². The van der Waals surface area contributed by atoms with Gasteiger partial charge >= 0.3 is 12.3 Å². The van der Waals surface area contributed by atoms with Gasteiger partial charge in [-0.3, -0.25) is 9.78 Å². The van der Waals surface area contributed by atoms with Gasteiger partial charge in [-0.1, -0.05) is 19.9 Å². The first-order valence-electron chi connectivity index (χ1n) is 11.7. The first-order valence-corrected chi connectivity index (χ1v) is 11.7. The van der Waals surface area contributed by atoms with Crippen LogP contribution >= 0.6 is 0 Å². The largest absolute Gasteiger partial charge is 0.465 e. The Balaban J connectivity index is 1.79. The fourth-order valence-electron chi connectivity index (χ4n) is 5.41. The minimum absolute atomic E-state index is 0.00320. The summed E-state index contributed by atoms with van der Waals surface area (Å²) < 4.78 is 39.2. The molecule has 1 aromatic heterocycles. The fourth-order valence-corrected chi connectivity index (χ4v) is 5.41. The van der Waals surface area contributed by atoms with E-state index in [1.54, 1.807) is 11.0 Å². The zero-order valence-electron chi connectivity index (χ0n) is 20.4. The summed E-state index contributed by atoms with van der Waals surface area (Å²) in [6.07, 6.45) is -0.365. The molecule has 188 valence electrons. The second-order valence-corrected chi connectivity index (χ2v) is 10.7. The molecular formula is C25H34F3N3O3. The van der Waals surface area contributed by atoms with Gasteiger partial charge in [-0.05, 0) is 70.1 Å². The molecule has 0 saturated heterocycles. The van der Waals surface area contributed by atoms with Crippen molar-refractivity contribution < 1.29 is 27.9 Å². The summed E-state index contributed by atoms with van der Waals surface area (Å²) >= 11 is 0. The molecule has 2 aliphatic rings. The molecule has 2 amide bonds. The highest BCUT2D eigenvalue weighted by Gasteiger charge is 2.52. The monoisotopic (exact) mass is 481 g/mol. The standard InChI is InChI=1S/C25H34F3N3O3/c1-16(2)24(10-6-19(15-24)31(22(33)34)23(3,4)5)21(32)30-12-8-17(9-13-30)20-14-18(7-11-29-20)25(26,27)28/h7-8,11,14,16,19H,6,9-10,12-13,15H2,1-5H3,(H,33,34)/t19-,24+/m1/s1. The van der Waals surface area contributed by atoms with Crippen molar-refractivity contribution in [2.24, 2.45) is 11.3 Å². The number of nitrogens with zero attached hydrogens (tertiary/aromatic N) is 3. The molecule has 1 aromatic rings. The number of alkyl halides is 3. The summed E-state index contributed by atoms with van der Waals surface area (Å²) in [6, 6.07) is 1.76. The van der Waals surface area contributed by atoms with Crippen molar-refractivity contribution in [1.82, 2.24) is 14.8 Å². The Hall–Kier alpha value is -2.58. The second kappa shape index (κ2) is 9.23. The summed E-state index contributed by atoms with van der Waals surface area (Å²) in [5.41, 5.74) is -1.00. The van der Waals surface area contributed by atoms with Crippen LogP contribution in [0.15, 0.2) is 24.4 Å². The van der Waals surface area contributed by atoms with Gasteiger partial charge in [0.15, 0.2) is 0 Å². The van der Waals surface area contributed by atoms with Gasteiger partial charge in [-0.25, -0.2) is 4.79 Å². The smallest absolute Gasteiger partial charge is 0.416 e. The van der Waals surface area contributed by atoms with E-state index in [0.717, 1.165) is 18.3 Å². The molecule has 3 rings (SSSR count). The summed E-state index contributed by atoms with van der Waals surface area (Å²) in [5.74, 6) is 0.0210. The predicted molar refractivity (Wildman–Crippen MR) is 123 cm³/mol. The van der Waals surface area contributed by atoms with Crippen molar-refractivity contribution in [2.75, 3.05) is 13.1 Å². The molecule has 1 aliphatic carbocycles. The van der Waals surface area contributed by atoms with Crippen molar-refractivity contribution in [3.63, 3.8) is 0 Å². The Kier molecular flexibility index (Phi) is 7.06. The van der Waals surface area contributed by atoms with E-state index in [4.69, 9.17) is 0 Å². The van der Waals surface area contributed by atoms with Gasteiger partial charge in [0.2, 0.25) is 5.91 Å². The molecule has 9 heteroatoms. The molecule has 6 nitrogen and oxygen atoms in total. The van der Waals surface area contributed by atoms with Crippen LogP contribution in [0, 0.1) is 11.3 Å². The van der Waals surface area contributed by atoms with Crippen LogP contribution in [0.1, 0.15) is 71.6 Å². The van der Waals surface area contributed by atoms with E-state index in [1.807, 2.05) is 34.6 Å². The van der Waals surface area contributed by atoms with Crippen molar-refractivity contribution in [3.05, 3.63) is 35.7 Å². The maximum absolute atomic E-state index is 13.7. The number of carbonyl (C=O) groups is 2. The maximum atomic E-state index is 13.7. The molecule has 0 radical (unpaired) electrons. The number of carbonyl (C=O) groups excluding carboxylic acids is 1. The zero-order chi connectivity index (χ0) is 25.5. The Morgan fingerprint density at radius 2 is 1.94 bits per heavy atom. The lowest BCUT2D eigenvalue weighted by Crippen LogP contribution is -2.52. The van der Waals surface area contributed by atoms with E-state index in [-0.39, 0.29) is 23.6 Å². The van der Waals surface area contributed by atoms with E-state index in [9.17, 15) is 27.9 Å². The van der Waals surface area contributed by atoms with Gasteiger partial charge in [0.05, 0.1) is 16.7 Å². The SMILES string of the molecule is CC(C)[C@]1(C(=O)N2CC=C(c3cc(C(F)(F)F)ccn3)CC2)CC[C@@H](N(C(=O)O)C(C)(C)C)C1.